The molecule has 16 heavy (non-hydrogen) atoms. The maximum Gasteiger partial charge on any atom is 0.310 e. The first-order valence-corrected chi connectivity index (χ1v) is 5.33. The van der Waals surface area contributed by atoms with E-state index in [2.05, 4.69) is 0 Å². The molecule has 0 bridgehead atoms. The molecule has 1 aromatic carbocycles. The molecule has 0 spiro atoms. The molecule has 1 heterocycles. The second kappa shape index (κ2) is 4.22. The van der Waals surface area contributed by atoms with Crippen molar-refractivity contribution in [2.24, 2.45) is 0 Å². The highest BCUT2D eigenvalue weighted by Gasteiger charge is 2.24. The van der Waals surface area contributed by atoms with Gasteiger partial charge in [0.15, 0.2) is 11.5 Å². The molecule has 1 unspecified atom stereocenters. The largest absolute Gasteiger partial charge is 0.481 e. The summed E-state index contributed by atoms with van der Waals surface area (Å²) in [6.45, 7) is 1.94. The average molecular weight is 243 g/mol. The number of hydrogen-bond acceptors (Lipinski definition) is 3. The van der Waals surface area contributed by atoms with Gasteiger partial charge in [-0.15, -0.1) is 0 Å². The van der Waals surface area contributed by atoms with Crippen molar-refractivity contribution in [3.8, 4) is 11.5 Å². The van der Waals surface area contributed by atoms with Crippen LogP contribution in [0.1, 0.15) is 24.8 Å². The van der Waals surface area contributed by atoms with Gasteiger partial charge in [-0.1, -0.05) is 18.5 Å². The van der Waals surface area contributed by atoms with Crippen molar-refractivity contribution in [1.82, 2.24) is 0 Å². The fraction of sp³-hybridized carbons (Fsp3) is 0.364. The number of fused-ring (bicyclic) bond motifs is 1. The molecule has 0 saturated carbocycles. The Labute approximate surface area is 97.7 Å². The zero-order chi connectivity index (χ0) is 11.7. The van der Waals surface area contributed by atoms with Gasteiger partial charge in [-0.25, -0.2) is 0 Å². The van der Waals surface area contributed by atoms with Crippen LogP contribution in [0.5, 0.6) is 11.5 Å². The highest BCUT2D eigenvalue weighted by molar-refractivity contribution is 6.32. The summed E-state index contributed by atoms with van der Waals surface area (Å²) in [7, 11) is 0. The van der Waals surface area contributed by atoms with Crippen molar-refractivity contribution in [2.75, 3.05) is 6.79 Å². The second-order valence-electron chi connectivity index (χ2n) is 3.54. The Morgan fingerprint density at radius 2 is 2.31 bits per heavy atom. The fourth-order valence-corrected chi connectivity index (χ4v) is 2.02. The second-order valence-corrected chi connectivity index (χ2v) is 3.94. The molecular weight excluding hydrogens is 232 g/mol. The van der Waals surface area contributed by atoms with E-state index in [4.69, 9.17) is 26.2 Å². The van der Waals surface area contributed by atoms with Gasteiger partial charge in [0.05, 0.1) is 10.9 Å². The molecule has 1 N–H and O–H groups in total. The van der Waals surface area contributed by atoms with Gasteiger partial charge in [0.2, 0.25) is 6.79 Å². The quantitative estimate of drug-likeness (QED) is 0.885. The Morgan fingerprint density at radius 3 is 2.94 bits per heavy atom. The zero-order valence-corrected chi connectivity index (χ0v) is 9.45. The zero-order valence-electron chi connectivity index (χ0n) is 8.70. The van der Waals surface area contributed by atoms with Gasteiger partial charge in [0.1, 0.15) is 0 Å². The molecule has 1 aromatic rings. The van der Waals surface area contributed by atoms with Gasteiger partial charge in [-0.2, -0.15) is 0 Å². The maximum absolute atomic E-state index is 11.0. The van der Waals surface area contributed by atoms with E-state index >= 15 is 0 Å². The topological polar surface area (TPSA) is 55.8 Å². The number of halogens is 1. The lowest BCUT2D eigenvalue weighted by Gasteiger charge is -2.11. The summed E-state index contributed by atoms with van der Waals surface area (Å²) in [5.74, 6) is -0.419. The number of rotatable bonds is 3. The normalized spacial score (nSPS) is 14.9. The highest BCUT2D eigenvalue weighted by atomic mass is 35.5. The van der Waals surface area contributed by atoms with E-state index in [0.29, 0.717) is 28.5 Å². The molecule has 4 nitrogen and oxygen atoms in total. The van der Waals surface area contributed by atoms with Gasteiger partial charge in [0.25, 0.3) is 0 Å². The van der Waals surface area contributed by atoms with Crippen molar-refractivity contribution in [3.63, 3.8) is 0 Å². The lowest BCUT2D eigenvalue weighted by Crippen LogP contribution is -2.10. The van der Waals surface area contributed by atoms with Crippen molar-refractivity contribution in [3.05, 3.63) is 22.7 Å². The Balaban J connectivity index is 2.43. The molecule has 0 amide bonds. The minimum atomic E-state index is -0.863. The predicted octanol–water partition coefficient (Wildman–Crippen LogP) is 2.65. The van der Waals surface area contributed by atoms with Crippen LogP contribution in [0.2, 0.25) is 5.02 Å². The average Bonchev–Trinajstić information content (AvgIpc) is 2.66. The molecule has 0 aromatic heterocycles. The molecule has 1 aliphatic rings. The van der Waals surface area contributed by atoms with Crippen LogP contribution in [0.4, 0.5) is 0 Å². The van der Waals surface area contributed by atoms with Gasteiger partial charge >= 0.3 is 5.97 Å². The van der Waals surface area contributed by atoms with Crippen molar-refractivity contribution in [2.45, 2.75) is 19.3 Å². The van der Waals surface area contributed by atoms with Gasteiger partial charge in [-0.3, -0.25) is 4.79 Å². The van der Waals surface area contributed by atoms with Crippen molar-refractivity contribution in [1.29, 1.82) is 0 Å². The van der Waals surface area contributed by atoms with E-state index in [-0.39, 0.29) is 6.79 Å². The first kappa shape index (κ1) is 11.1. The summed E-state index contributed by atoms with van der Waals surface area (Å²) in [5, 5.41) is 9.44. The van der Waals surface area contributed by atoms with Crippen LogP contribution in [-0.2, 0) is 4.79 Å². The smallest absolute Gasteiger partial charge is 0.310 e. The van der Waals surface area contributed by atoms with Gasteiger partial charge in [-0.05, 0) is 24.1 Å². The minimum absolute atomic E-state index is 0.127. The molecule has 1 atom stereocenters. The Hall–Kier alpha value is -1.42. The van der Waals surface area contributed by atoms with E-state index in [1.54, 1.807) is 12.1 Å². The monoisotopic (exact) mass is 242 g/mol. The first-order chi connectivity index (χ1) is 7.63. The number of benzene rings is 1. The molecule has 0 fully saturated rings. The molecule has 0 radical (unpaired) electrons. The van der Waals surface area contributed by atoms with Crippen LogP contribution in [0.3, 0.4) is 0 Å². The SMILES string of the molecule is CCC(C(=O)O)c1cc(Cl)c2c(c1)OCO2. The minimum Gasteiger partial charge on any atom is -0.481 e. The Bertz CT molecular complexity index is 430. The standard InChI is InChI=1S/C11H11ClO4/c1-2-7(11(13)14)6-3-8(12)10-9(4-6)15-5-16-10/h3-4,7H,2,5H2,1H3,(H,13,14). The van der Waals surface area contributed by atoms with Crippen LogP contribution in [0.25, 0.3) is 0 Å². The molecule has 5 heteroatoms. The summed E-state index contributed by atoms with van der Waals surface area (Å²) < 4.78 is 10.4. The molecule has 86 valence electrons. The predicted molar refractivity (Wildman–Crippen MR) is 58.2 cm³/mol. The van der Waals surface area contributed by atoms with Crippen molar-refractivity contribution < 1.29 is 19.4 Å². The fourth-order valence-electron chi connectivity index (χ4n) is 1.74. The summed E-state index contributed by atoms with van der Waals surface area (Å²) >= 11 is 5.98. The molecule has 0 saturated heterocycles. The third kappa shape index (κ3) is 1.80. The Kier molecular flexibility index (Phi) is 2.92. The molecule has 2 rings (SSSR count). The summed E-state index contributed by atoms with van der Waals surface area (Å²) in [5.41, 5.74) is 0.643. The van der Waals surface area contributed by atoms with Gasteiger partial charge < -0.3 is 14.6 Å². The van der Waals surface area contributed by atoms with E-state index in [9.17, 15) is 4.79 Å². The lowest BCUT2D eigenvalue weighted by atomic mass is 9.96. The molecular formula is C11H11ClO4. The number of carbonyl (C=O) groups is 1. The summed E-state index contributed by atoms with van der Waals surface area (Å²) in [4.78, 5) is 11.0. The van der Waals surface area contributed by atoms with Gasteiger partial charge in [0, 0.05) is 0 Å². The van der Waals surface area contributed by atoms with Crippen molar-refractivity contribution >= 4 is 17.6 Å². The highest BCUT2D eigenvalue weighted by Crippen LogP contribution is 2.41. The van der Waals surface area contributed by atoms with E-state index in [1.165, 1.54) is 0 Å². The maximum atomic E-state index is 11.0. The number of carboxylic acids is 1. The Morgan fingerprint density at radius 1 is 1.56 bits per heavy atom. The van der Waals surface area contributed by atoms with Crippen LogP contribution >= 0.6 is 11.6 Å². The van der Waals surface area contributed by atoms with Crippen LogP contribution < -0.4 is 9.47 Å². The lowest BCUT2D eigenvalue weighted by molar-refractivity contribution is -0.138. The third-order valence-electron chi connectivity index (χ3n) is 2.56. The third-order valence-corrected chi connectivity index (χ3v) is 2.84. The van der Waals surface area contributed by atoms with E-state index < -0.39 is 11.9 Å². The van der Waals surface area contributed by atoms with Crippen LogP contribution in [0, 0.1) is 0 Å². The number of hydrogen-bond donors (Lipinski definition) is 1. The van der Waals surface area contributed by atoms with Crippen LogP contribution in [0.15, 0.2) is 12.1 Å². The summed E-state index contributed by atoms with van der Waals surface area (Å²) in [6.07, 6.45) is 0.505. The first-order valence-electron chi connectivity index (χ1n) is 4.95. The van der Waals surface area contributed by atoms with E-state index in [0.717, 1.165) is 0 Å². The number of aliphatic carboxylic acids is 1. The van der Waals surface area contributed by atoms with Crippen LogP contribution in [-0.4, -0.2) is 17.9 Å². The number of carboxylic acid groups (broad SMARTS) is 1. The summed E-state index contributed by atoms with van der Waals surface area (Å²) in [6, 6.07) is 3.30. The van der Waals surface area contributed by atoms with E-state index in [1.807, 2.05) is 6.92 Å². The molecule has 0 aliphatic carbocycles. The number of ether oxygens (including phenoxy) is 2. The molecule has 1 aliphatic heterocycles.